The smallest absolute Gasteiger partial charge is 0.321 e. The predicted octanol–water partition coefficient (Wildman–Crippen LogP) is 3.73. The van der Waals surface area contributed by atoms with Gasteiger partial charge in [0.2, 0.25) is 0 Å². The number of fused-ring (bicyclic) bond motifs is 1. The molecule has 2 aromatic carbocycles. The fraction of sp³-hybridized carbons (Fsp3) is 0.389. The van der Waals surface area contributed by atoms with Crippen LogP contribution < -0.4 is 5.32 Å². The summed E-state index contributed by atoms with van der Waals surface area (Å²) in [4.78, 5) is 14.4. The molecular formula is C18H22N2O2. The van der Waals surface area contributed by atoms with E-state index in [-0.39, 0.29) is 6.03 Å². The summed E-state index contributed by atoms with van der Waals surface area (Å²) < 4.78 is 5.40. The van der Waals surface area contributed by atoms with Gasteiger partial charge in [0, 0.05) is 31.0 Å². The molecule has 1 aliphatic rings. The molecule has 0 radical (unpaired) electrons. The zero-order chi connectivity index (χ0) is 15.4. The molecule has 0 aliphatic carbocycles. The molecule has 0 saturated carbocycles. The first-order chi connectivity index (χ1) is 10.8. The molecule has 0 aromatic heterocycles. The predicted molar refractivity (Wildman–Crippen MR) is 89.1 cm³/mol. The lowest BCUT2D eigenvalue weighted by Gasteiger charge is -2.24. The van der Waals surface area contributed by atoms with Crippen molar-refractivity contribution in [2.45, 2.75) is 13.3 Å². The molecule has 2 amide bonds. The van der Waals surface area contributed by atoms with Gasteiger partial charge in [-0.2, -0.15) is 0 Å². The molecule has 0 bridgehead atoms. The number of ether oxygens (including phenoxy) is 1. The maximum absolute atomic E-state index is 12.5. The average molecular weight is 298 g/mol. The first-order valence-corrected chi connectivity index (χ1v) is 7.89. The largest absolute Gasteiger partial charge is 0.381 e. The van der Waals surface area contributed by atoms with Crippen LogP contribution in [0.25, 0.3) is 10.8 Å². The minimum Gasteiger partial charge on any atom is -0.381 e. The third-order valence-electron chi connectivity index (χ3n) is 4.20. The van der Waals surface area contributed by atoms with E-state index in [0.29, 0.717) is 12.5 Å². The van der Waals surface area contributed by atoms with Gasteiger partial charge in [0.25, 0.3) is 0 Å². The number of urea groups is 1. The van der Waals surface area contributed by atoms with E-state index >= 15 is 0 Å². The van der Waals surface area contributed by atoms with Crippen molar-refractivity contribution in [2.75, 3.05) is 31.6 Å². The highest BCUT2D eigenvalue weighted by Crippen LogP contribution is 2.23. The number of nitrogens with one attached hydrogen (secondary N) is 1. The summed E-state index contributed by atoms with van der Waals surface area (Å²) >= 11 is 0. The minimum absolute atomic E-state index is 0.0363. The Labute approximate surface area is 131 Å². The van der Waals surface area contributed by atoms with Crippen LogP contribution in [0.5, 0.6) is 0 Å². The van der Waals surface area contributed by atoms with Gasteiger partial charge in [-0.1, -0.05) is 36.4 Å². The molecule has 1 aliphatic heterocycles. The van der Waals surface area contributed by atoms with Crippen LogP contribution in [-0.2, 0) is 4.74 Å². The molecule has 1 N–H and O–H groups in total. The van der Waals surface area contributed by atoms with Crippen molar-refractivity contribution in [1.82, 2.24) is 4.90 Å². The van der Waals surface area contributed by atoms with E-state index in [1.54, 1.807) is 0 Å². The van der Waals surface area contributed by atoms with Gasteiger partial charge in [-0.05, 0) is 24.8 Å². The summed E-state index contributed by atoms with van der Waals surface area (Å²) in [7, 11) is 0. The number of benzene rings is 2. The van der Waals surface area contributed by atoms with Crippen molar-refractivity contribution >= 4 is 22.5 Å². The van der Waals surface area contributed by atoms with E-state index in [2.05, 4.69) is 17.4 Å². The number of anilines is 1. The van der Waals surface area contributed by atoms with Crippen LogP contribution in [0.15, 0.2) is 42.5 Å². The van der Waals surface area contributed by atoms with Gasteiger partial charge in [0.1, 0.15) is 0 Å². The van der Waals surface area contributed by atoms with Gasteiger partial charge >= 0.3 is 6.03 Å². The van der Waals surface area contributed by atoms with Crippen LogP contribution in [0.3, 0.4) is 0 Å². The maximum atomic E-state index is 12.5. The first kappa shape index (κ1) is 14.9. The third kappa shape index (κ3) is 3.22. The van der Waals surface area contributed by atoms with Crippen molar-refractivity contribution in [3.63, 3.8) is 0 Å². The van der Waals surface area contributed by atoms with Crippen molar-refractivity contribution in [2.24, 2.45) is 5.92 Å². The zero-order valence-corrected chi connectivity index (χ0v) is 12.9. The van der Waals surface area contributed by atoms with Crippen LogP contribution >= 0.6 is 0 Å². The Bertz CT molecular complexity index is 645. The molecule has 1 saturated heterocycles. The number of hydrogen-bond acceptors (Lipinski definition) is 2. The van der Waals surface area contributed by atoms with Crippen molar-refractivity contribution in [3.8, 4) is 0 Å². The highest BCUT2D eigenvalue weighted by atomic mass is 16.5. The standard InChI is InChI=1S/C18H22N2O2/c1-2-20(12-14-10-11-22-13-14)18(21)19-17-9-5-7-15-6-3-4-8-16(15)17/h3-9,14H,2,10-13H2,1H3,(H,19,21)/t14-/m0/s1. The number of carbonyl (C=O) groups is 1. The van der Waals surface area contributed by atoms with Crippen LogP contribution in [0, 0.1) is 5.92 Å². The molecule has 0 unspecified atom stereocenters. The van der Waals surface area contributed by atoms with E-state index in [1.807, 2.05) is 42.2 Å². The van der Waals surface area contributed by atoms with E-state index in [9.17, 15) is 4.79 Å². The Morgan fingerprint density at radius 2 is 2.09 bits per heavy atom. The molecule has 1 atom stereocenters. The van der Waals surface area contributed by atoms with Crippen LogP contribution in [0.4, 0.5) is 10.5 Å². The second kappa shape index (κ2) is 6.79. The summed E-state index contributed by atoms with van der Waals surface area (Å²) in [5.74, 6) is 0.457. The maximum Gasteiger partial charge on any atom is 0.321 e. The number of carbonyl (C=O) groups excluding carboxylic acids is 1. The highest BCUT2D eigenvalue weighted by molar-refractivity contribution is 6.01. The molecule has 2 aromatic rings. The Morgan fingerprint density at radius 3 is 2.86 bits per heavy atom. The molecule has 116 valence electrons. The number of amides is 2. The monoisotopic (exact) mass is 298 g/mol. The van der Waals surface area contributed by atoms with Crippen LogP contribution in [0.2, 0.25) is 0 Å². The lowest BCUT2D eigenvalue weighted by atomic mass is 10.1. The lowest BCUT2D eigenvalue weighted by molar-refractivity contribution is 0.171. The molecule has 4 heteroatoms. The lowest BCUT2D eigenvalue weighted by Crippen LogP contribution is -2.38. The molecule has 0 spiro atoms. The van der Waals surface area contributed by atoms with Crippen molar-refractivity contribution in [3.05, 3.63) is 42.5 Å². The Morgan fingerprint density at radius 1 is 1.27 bits per heavy atom. The molecule has 3 rings (SSSR count). The molecule has 1 fully saturated rings. The minimum atomic E-state index is -0.0363. The SMILES string of the molecule is CCN(C[C@@H]1CCOC1)C(=O)Nc1cccc2ccccc12. The average Bonchev–Trinajstić information content (AvgIpc) is 3.06. The number of nitrogens with zero attached hydrogens (tertiary/aromatic N) is 1. The second-order valence-electron chi connectivity index (χ2n) is 5.73. The van der Waals surface area contributed by atoms with E-state index in [0.717, 1.165) is 42.6 Å². The van der Waals surface area contributed by atoms with Crippen LogP contribution in [-0.4, -0.2) is 37.2 Å². The molecule has 4 nitrogen and oxygen atoms in total. The number of rotatable bonds is 4. The first-order valence-electron chi connectivity index (χ1n) is 7.89. The fourth-order valence-corrected chi connectivity index (χ4v) is 2.92. The Balaban J connectivity index is 1.73. The highest BCUT2D eigenvalue weighted by Gasteiger charge is 2.21. The van der Waals surface area contributed by atoms with E-state index in [1.165, 1.54) is 0 Å². The van der Waals surface area contributed by atoms with Gasteiger partial charge in [0.15, 0.2) is 0 Å². The number of hydrogen-bond donors (Lipinski definition) is 1. The van der Waals surface area contributed by atoms with Gasteiger partial charge in [-0.25, -0.2) is 4.79 Å². The Kier molecular flexibility index (Phi) is 4.59. The third-order valence-corrected chi connectivity index (χ3v) is 4.20. The van der Waals surface area contributed by atoms with Gasteiger partial charge in [-0.15, -0.1) is 0 Å². The molecular weight excluding hydrogens is 276 g/mol. The summed E-state index contributed by atoms with van der Waals surface area (Å²) in [6.45, 7) is 5.05. The van der Waals surface area contributed by atoms with Crippen LogP contribution in [0.1, 0.15) is 13.3 Å². The quantitative estimate of drug-likeness (QED) is 0.934. The second-order valence-corrected chi connectivity index (χ2v) is 5.73. The topological polar surface area (TPSA) is 41.6 Å². The zero-order valence-electron chi connectivity index (χ0n) is 12.9. The summed E-state index contributed by atoms with van der Waals surface area (Å²) in [6, 6.07) is 14.0. The molecule has 22 heavy (non-hydrogen) atoms. The van der Waals surface area contributed by atoms with E-state index in [4.69, 9.17) is 4.74 Å². The van der Waals surface area contributed by atoms with Gasteiger partial charge in [-0.3, -0.25) is 0 Å². The van der Waals surface area contributed by atoms with Gasteiger partial charge in [0.05, 0.1) is 12.3 Å². The van der Waals surface area contributed by atoms with E-state index < -0.39 is 0 Å². The Hall–Kier alpha value is -2.07. The molecule has 1 heterocycles. The van der Waals surface area contributed by atoms with Crippen molar-refractivity contribution < 1.29 is 9.53 Å². The van der Waals surface area contributed by atoms with Gasteiger partial charge < -0.3 is 15.0 Å². The van der Waals surface area contributed by atoms with Crippen molar-refractivity contribution in [1.29, 1.82) is 0 Å². The normalized spacial score (nSPS) is 17.6. The summed E-state index contributed by atoms with van der Waals surface area (Å²) in [5.41, 5.74) is 0.865. The summed E-state index contributed by atoms with van der Waals surface area (Å²) in [6.07, 6.45) is 1.04. The summed E-state index contributed by atoms with van der Waals surface area (Å²) in [5, 5.41) is 5.26. The fourth-order valence-electron chi connectivity index (χ4n) is 2.92.